The van der Waals surface area contributed by atoms with Gasteiger partial charge in [0.25, 0.3) is 0 Å². The fourth-order valence-corrected chi connectivity index (χ4v) is 4.33. The molecule has 1 atom stereocenters. The molecule has 124 valence electrons. The molecule has 1 saturated heterocycles. The Morgan fingerprint density at radius 3 is 2.88 bits per heavy atom. The van der Waals surface area contributed by atoms with E-state index in [2.05, 4.69) is 57.2 Å². The molecule has 0 unspecified atom stereocenters. The van der Waals surface area contributed by atoms with Gasteiger partial charge in [0.1, 0.15) is 5.82 Å². The molecular weight excluding hydrogens is 316 g/mol. The zero-order valence-electron chi connectivity index (χ0n) is 13.9. The summed E-state index contributed by atoms with van der Waals surface area (Å²) in [6.07, 6.45) is 10.5. The number of aromatic nitrogens is 2. The Hall–Kier alpha value is -1.85. The molecule has 1 fully saturated rings. The van der Waals surface area contributed by atoms with Gasteiger partial charge >= 0.3 is 0 Å². The highest BCUT2D eigenvalue weighted by molar-refractivity contribution is 8.08. The number of pyridine rings is 2. The van der Waals surface area contributed by atoms with Crippen molar-refractivity contribution < 1.29 is 0 Å². The van der Waals surface area contributed by atoms with Crippen LogP contribution in [0.3, 0.4) is 0 Å². The summed E-state index contributed by atoms with van der Waals surface area (Å²) in [5.74, 6) is 1.95. The van der Waals surface area contributed by atoms with Crippen LogP contribution in [0.2, 0.25) is 0 Å². The van der Waals surface area contributed by atoms with Crippen LogP contribution in [0.1, 0.15) is 30.9 Å². The lowest BCUT2D eigenvalue weighted by Gasteiger charge is -2.21. The molecule has 0 bridgehead atoms. The summed E-state index contributed by atoms with van der Waals surface area (Å²) in [5, 5.41) is 0. The Balaban J connectivity index is 1.51. The van der Waals surface area contributed by atoms with E-state index in [0.29, 0.717) is 6.04 Å². The summed E-state index contributed by atoms with van der Waals surface area (Å²) in [6.45, 7) is 4.57. The molecule has 0 spiro atoms. The second kappa shape index (κ2) is 6.95. The summed E-state index contributed by atoms with van der Waals surface area (Å²) in [6, 6.07) is 9.19. The molecule has 4 nitrogen and oxygen atoms in total. The van der Waals surface area contributed by atoms with Gasteiger partial charge in [-0.15, -0.1) is 11.8 Å². The summed E-state index contributed by atoms with van der Waals surface area (Å²) in [4.78, 5) is 14.7. The van der Waals surface area contributed by atoms with Crippen LogP contribution in [0, 0.1) is 0 Å². The Kier molecular flexibility index (Phi) is 4.54. The number of likely N-dealkylation sites (tertiary alicyclic amines) is 1. The molecule has 0 saturated carbocycles. The smallest absolute Gasteiger partial charge is 0.133 e. The minimum atomic E-state index is 0.696. The standard InChI is InChI=1S/C19H22N4S/c1-15-3-2-10-22(15)12-16-4-9-21-19(11-16)23-13-18(24-14-23)17-5-7-20-8-6-17/h4-9,11,13,15H,2-3,10,12,14H2,1H3/t15-/m0/s1. The highest BCUT2D eigenvalue weighted by Crippen LogP contribution is 2.36. The maximum Gasteiger partial charge on any atom is 0.133 e. The lowest BCUT2D eigenvalue weighted by Crippen LogP contribution is -2.26. The third-order valence-electron chi connectivity index (χ3n) is 4.78. The topological polar surface area (TPSA) is 32.3 Å². The lowest BCUT2D eigenvalue weighted by molar-refractivity contribution is 0.260. The minimum absolute atomic E-state index is 0.696. The Morgan fingerprint density at radius 2 is 2.08 bits per heavy atom. The molecule has 2 aromatic rings. The molecule has 2 aliphatic heterocycles. The first-order chi connectivity index (χ1) is 11.8. The summed E-state index contributed by atoms with van der Waals surface area (Å²) >= 11 is 1.85. The van der Waals surface area contributed by atoms with E-state index in [1.54, 1.807) is 0 Å². The van der Waals surface area contributed by atoms with Crippen LogP contribution in [0.5, 0.6) is 0 Å². The molecule has 24 heavy (non-hydrogen) atoms. The summed E-state index contributed by atoms with van der Waals surface area (Å²) in [7, 11) is 0. The number of hydrogen-bond donors (Lipinski definition) is 0. The predicted molar refractivity (Wildman–Crippen MR) is 100 cm³/mol. The van der Waals surface area contributed by atoms with E-state index in [0.717, 1.165) is 18.2 Å². The highest BCUT2D eigenvalue weighted by Gasteiger charge is 2.21. The van der Waals surface area contributed by atoms with E-state index < -0.39 is 0 Å². The van der Waals surface area contributed by atoms with Crippen LogP contribution in [-0.4, -0.2) is 33.3 Å². The molecular formula is C19H22N4S. The van der Waals surface area contributed by atoms with Crippen molar-refractivity contribution >= 4 is 22.5 Å². The maximum atomic E-state index is 4.58. The lowest BCUT2D eigenvalue weighted by atomic mass is 10.2. The van der Waals surface area contributed by atoms with Gasteiger partial charge in [0, 0.05) is 42.3 Å². The van der Waals surface area contributed by atoms with Gasteiger partial charge in [0.15, 0.2) is 0 Å². The monoisotopic (exact) mass is 338 g/mol. The second-order valence-electron chi connectivity index (χ2n) is 6.46. The quantitative estimate of drug-likeness (QED) is 0.842. The van der Waals surface area contributed by atoms with Crippen LogP contribution >= 0.6 is 11.8 Å². The zero-order valence-corrected chi connectivity index (χ0v) is 14.7. The number of thioether (sulfide) groups is 1. The van der Waals surface area contributed by atoms with Crippen molar-refractivity contribution in [3.05, 3.63) is 60.2 Å². The van der Waals surface area contributed by atoms with Crippen molar-refractivity contribution in [1.29, 1.82) is 0 Å². The van der Waals surface area contributed by atoms with Crippen molar-refractivity contribution in [3.63, 3.8) is 0 Å². The third-order valence-corrected chi connectivity index (χ3v) is 5.84. The molecule has 2 aliphatic rings. The maximum absolute atomic E-state index is 4.58. The van der Waals surface area contributed by atoms with Crippen molar-refractivity contribution in [2.45, 2.75) is 32.4 Å². The van der Waals surface area contributed by atoms with E-state index in [1.807, 2.05) is 30.4 Å². The first kappa shape index (κ1) is 15.7. The Bertz CT molecular complexity index is 731. The SMILES string of the molecule is C[C@H]1CCCN1Cc1ccnc(N2C=C(c3ccncc3)SC2)c1. The van der Waals surface area contributed by atoms with Gasteiger partial charge in [-0.2, -0.15) is 0 Å². The van der Waals surface area contributed by atoms with Crippen molar-refractivity contribution in [2.24, 2.45) is 0 Å². The van der Waals surface area contributed by atoms with Gasteiger partial charge in [-0.1, -0.05) is 0 Å². The van der Waals surface area contributed by atoms with Gasteiger partial charge in [-0.3, -0.25) is 9.88 Å². The molecule has 0 radical (unpaired) electrons. The largest absolute Gasteiger partial charge is 0.322 e. The van der Waals surface area contributed by atoms with Gasteiger partial charge in [-0.25, -0.2) is 4.98 Å². The predicted octanol–water partition coefficient (Wildman–Crippen LogP) is 3.97. The fraction of sp³-hybridized carbons (Fsp3) is 0.368. The van der Waals surface area contributed by atoms with E-state index in [4.69, 9.17) is 0 Å². The van der Waals surface area contributed by atoms with Gasteiger partial charge in [0.2, 0.25) is 0 Å². The molecule has 0 aliphatic carbocycles. The van der Waals surface area contributed by atoms with Crippen LogP contribution in [-0.2, 0) is 6.54 Å². The fourth-order valence-electron chi connectivity index (χ4n) is 3.34. The van der Waals surface area contributed by atoms with Crippen LogP contribution in [0.15, 0.2) is 49.1 Å². The second-order valence-corrected chi connectivity index (χ2v) is 7.44. The van der Waals surface area contributed by atoms with E-state index in [-0.39, 0.29) is 0 Å². The molecule has 2 aromatic heterocycles. The molecule has 0 aromatic carbocycles. The van der Waals surface area contributed by atoms with Gasteiger partial charge < -0.3 is 4.90 Å². The van der Waals surface area contributed by atoms with Crippen LogP contribution in [0.4, 0.5) is 5.82 Å². The first-order valence-corrected chi connectivity index (χ1v) is 9.49. The van der Waals surface area contributed by atoms with Crippen LogP contribution in [0.25, 0.3) is 4.91 Å². The number of nitrogens with zero attached hydrogens (tertiary/aromatic N) is 4. The van der Waals surface area contributed by atoms with E-state index in [1.165, 1.54) is 35.4 Å². The average molecular weight is 338 g/mol. The summed E-state index contributed by atoms with van der Waals surface area (Å²) < 4.78 is 0. The normalized spacial score (nSPS) is 21.3. The molecule has 5 heteroatoms. The number of hydrogen-bond acceptors (Lipinski definition) is 5. The van der Waals surface area contributed by atoms with Crippen molar-refractivity contribution in [3.8, 4) is 0 Å². The van der Waals surface area contributed by atoms with Crippen molar-refractivity contribution in [1.82, 2.24) is 14.9 Å². The Labute approximate surface area is 147 Å². The van der Waals surface area contributed by atoms with Gasteiger partial charge in [0.05, 0.1) is 5.88 Å². The van der Waals surface area contributed by atoms with Crippen LogP contribution < -0.4 is 4.90 Å². The summed E-state index contributed by atoms with van der Waals surface area (Å²) in [5.41, 5.74) is 2.57. The third kappa shape index (κ3) is 3.32. The molecule has 4 rings (SSSR count). The number of anilines is 1. The van der Waals surface area contributed by atoms with Crippen molar-refractivity contribution in [2.75, 3.05) is 17.3 Å². The molecule has 0 N–H and O–H groups in total. The first-order valence-electron chi connectivity index (χ1n) is 8.50. The van der Waals surface area contributed by atoms with E-state index >= 15 is 0 Å². The molecule has 0 amide bonds. The Morgan fingerprint density at radius 1 is 1.21 bits per heavy atom. The van der Waals surface area contributed by atoms with E-state index in [9.17, 15) is 0 Å². The van der Waals surface area contributed by atoms with Gasteiger partial charge in [-0.05, 0) is 61.7 Å². The average Bonchev–Trinajstić information content (AvgIpc) is 3.26. The number of rotatable bonds is 4. The molecule has 4 heterocycles. The highest BCUT2D eigenvalue weighted by atomic mass is 32.2. The zero-order chi connectivity index (χ0) is 16.4. The minimum Gasteiger partial charge on any atom is -0.322 e.